The third-order valence-electron chi connectivity index (χ3n) is 2.00. The van der Waals surface area contributed by atoms with Crippen LogP contribution in [0.4, 0.5) is 4.39 Å². The highest BCUT2D eigenvalue weighted by Gasteiger charge is 2.15. The van der Waals surface area contributed by atoms with E-state index in [2.05, 4.69) is 0 Å². The summed E-state index contributed by atoms with van der Waals surface area (Å²) in [6, 6.07) is 4.20. The summed E-state index contributed by atoms with van der Waals surface area (Å²) >= 11 is 0. The van der Waals surface area contributed by atoms with Crippen LogP contribution in [0.5, 0.6) is 0 Å². The molecule has 3 nitrogen and oxygen atoms in total. The number of aryl methyl sites for hydroxylation is 1. The number of hydrogen-bond donors (Lipinski definition) is 0. The predicted molar refractivity (Wildman–Crippen MR) is 55.5 cm³/mol. The van der Waals surface area contributed by atoms with E-state index in [1.54, 1.807) is 19.9 Å². The number of hydrogen-bond acceptors (Lipinski definition) is 3. The fourth-order valence-corrected chi connectivity index (χ4v) is 1.99. The Morgan fingerprint density at radius 3 is 2.53 bits per heavy atom. The maximum atomic E-state index is 12.9. The molecule has 0 aliphatic rings. The standard InChI is InChI=1S/C10H13FO3S/c1-7-4-5-9(11)6-10(7)8(2)14-15(3,12)13/h4-6,8H,1-3H3. The van der Waals surface area contributed by atoms with Gasteiger partial charge in [0.25, 0.3) is 10.1 Å². The van der Waals surface area contributed by atoms with E-state index >= 15 is 0 Å². The van der Waals surface area contributed by atoms with Crippen molar-refractivity contribution in [1.82, 2.24) is 0 Å². The normalized spacial score (nSPS) is 13.9. The van der Waals surface area contributed by atoms with Crippen LogP contribution in [-0.4, -0.2) is 14.7 Å². The minimum absolute atomic E-state index is 0.403. The third kappa shape index (κ3) is 3.60. The summed E-state index contributed by atoms with van der Waals surface area (Å²) in [6.07, 6.45) is 0.300. The van der Waals surface area contributed by atoms with Gasteiger partial charge in [-0.25, -0.2) is 4.39 Å². The van der Waals surface area contributed by atoms with Crippen molar-refractivity contribution in [1.29, 1.82) is 0 Å². The topological polar surface area (TPSA) is 43.4 Å². The third-order valence-corrected chi connectivity index (χ3v) is 2.64. The van der Waals surface area contributed by atoms with Crippen LogP contribution in [0.2, 0.25) is 0 Å². The van der Waals surface area contributed by atoms with Gasteiger partial charge in [-0.05, 0) is 37.1 Å². The summed E-state index contributed by atoms with van der Waals surface area (Å²) in [5.74, 6) is -0.403. The quantitative estimate of drug-likeness (QED) is 0.750. The summed E-state index contributed by atoms with van der Waals surface area (Å²) in [7, 11) is -3.52. The summed E-state index contributed by atoms with van der Waals surface area (Å²) in [5, 5.41) is 0. The van der Waals surface area contributed by atoms with Crippen LogP contribution in [0.15, 0.2) is 18.2 Å². The zero-order valence-electron chi connectivity index (χ0n) is 8.82. The lowest BCUT2D eigenvalue weighted by molar-refractivity contribution is 0.235. The van der Waals surface area contributed by atoms with Crippen molar-refractivity contribution in [2.75, 3.05) is 6.26 Å². The van der Waals surface area contributed by atoms with Crippen molar-refractivity contribution < 1.29 is 17.0 Å². The molecule has 1 aromatic rings. The van der Waals surface area contributed by atoms with E-state index in [1.165, 1.54) is 12.1 Å². The largest absolute Gasteiger partial charge is 0.264 e. The van der Waals surface area contributed by atoms with E-state index in [1.807, 2.05) is 0 Å². The lowest BCUT2D eigenvalue weighted by Crippen LogP contribution is -2.08. The highest BCUT2D eigenvalue weighted by atomic mass is 32.2. The summed E-state index contributed by atoms with van der Waals surface area (Å²) in [5.41, 5.74) is 1.34. The molecule has 0 saturated carbocycles. The van der Waals surface area contributed by atoms with E-state index in [0.29, 0.717) is 5.56 Å². The average molecular weight is 232 g/mol. The molecule has 5 heteroatoms. The second kappa shape index (κ2) is 4.28. The smallest absolute Gasteiger partial charge is 0.262 e. The Morgan fingerprint density at radius 1 is 1.40 bits per heavy atom. The molecular weight excluding hydrogens is 219 g/mol. The predicted octanol–water partition coefficient (Wildman–Crippen LogP) is 2.17. The number of benzene rings is 1. The van der Waals surface area contributed by atoms with Crippen LogP contribution in [0.25, 0.3) is 0 Å². The lowest BCUT2D eigenvalue weighted by atomic mass is 10.0. The van der Waals surface area contributed by atoms with Gasteiger partial charge in [0, 0.05) is 0 Å². The van der Waals surface area contributed by atoms with E-state index in [0.717, 1.165) is 11.8 Å². The minimum atomic E-state index is -3.52. The van der Waals surface area contributed by atoms with Crippen LogP contribution in [-0.2, 0) is 14.3 Å². The molecule has 0 saturated heterocycles. The highest BCUT2D eigenvalue weighted by molar-refractivity contribution is 7.86. The van der Waals surface area contributed by atoms with E-state index in [4.69, 9.17) is 4.18 Å². The SMILES string of the molecule is Cc1ccc(F)cc1C(C)OS(C)(=O)=O. The number of halogens is 1. The summed E-state index contributed by atoms with van der Waals surface area (Å²) in [4.78, 5) is 0. The molecule has 1 rings (SSSR count). The van der Waals surface area contributed by atoms with Crippen LogP contribution in [0.3, 0.4) is 0 Å². The molecule has 0 fully saturated rings. The average Bonchev–Trinajstić information content (AvgIpc) is 2.06. The van der Waals surface area contributed by atoms with Crippen LogP contribution >= 0.6 is 0 Å². The summed E-state index contributed by atoms with van der Waals surface area (Å²) < 4.78 is 39.5. The Bertz CT molecular complexity index is 454. The molecule has 0 heterocycles. The van der Waals surface area contributed by atoms with E-state index < -0.39 is 22.0 Å². The molecule has 1 aromatic carbocycles. The van der Waals surface area contributed by atoms with Crippen molar-refractivity contribution in [3.63, 3.8) is 0 Å². The molecule has 15 heavy (non-hydrogen) atoms. The summed E-state index contributed by atoms with van der Waals surface area (Å²) in [6.45, 7) is 3.35. The first-order valence-corrected chi connectivity index (χ1v) is 6.25. The van der Waals surface area contributed by atoms with Crippen LogP contribution in [0, 0.1) is 12.7 Å². The molecule has 0 spiro atoms. The fourth-order valence-electron chi connectivity index (χ4n) is 1.36. The van der Waals surface area contributed by atoms with Gasteiger partial charge >= 0.3 is 0 Å². The molecule has 84 valence electrons. The number of rotatable bonds is 3. The molecule has 0 radical (unpaired) electrons. The molecular formula is C10H13FO3S. The van der Waals surface area contributed by atoms with Crippen molar-refractivity contribution in [2.45, 2.75) is 20.0 Å². The van der Waals surface area contributed by atoms with Gasteiger partial charge in [-0.2, -0.15) is 8.42 Å². The van der Waals surface area contributed by atoms with Crippen molar-refractivity contribution in [3.05, 3.63) is 35.1 Å². The lowest BCUT2D eigenvalue weighted by Gasteiger charge is -2.13. The molecule has 0 aliphatic carbocycles. The van der Waals surface area contributed by atoms with Crippen molar-refractivity contribution in [3.8, 4) is 0 Å². The van der Waals surface area contributed by atoms with Gasteiger partial charge in [0.1, 0.15) is 5.82 Å². The molecule has 0 aromatic heterocycles. The Kier molecular flexibility index (Phi) is 3.46. The zero-order chi connectivity index (χ0) is 11.6. The van der Waals surface area contributed by atoms with E-state index in [9.17, 15) is 12.8 Å². The van der Waals surface area contributed by atoms with E-state index in [-0.39, 0.29) is 0 Å². The molecule has 1 atom stereocenters. The van der Waals surface area contributed by atoms with Crippen LogP contribution in [0.1, 0.15) is 24.2 Å². The first kappa shape index (κ1) is 12.1. The van der Waals surface area contributed by atoms with Gasteiger partial charge in [-0.3, -0.25) is 4.18 Å². The van der Waals surface area contributed by atoms with Gasteiger partial charge in [0.05, 0.1) is 12.4 Å². The van der Waals surface area contributed by atoms with Crippen molar-refractivity contribution >= 4 is 10.1 Å². The second-order valence-electron chi connectivity index (χ2n) is 3.44. The van der Waals surface area contributed by atoms with Gasteiger partial charge in [0.2, 0.25) is 0 Å². The molecule has 0 aliphatic heterocycles. The molecule has 0 amide bonds. The molecule has 0 N–H and O–H groups in total. The van der Waals surface area contributed by atoms with Crippen molar-refractivity contribution in [2.24, 2.45) is 0 Å². The minimum Gasteiger partial charge on any atom is -0.262 e. The Morgan fingerprint density at radius 2 is 2.00 bits per heavy atom. The van der Waals surface area contributed by atoms with Gasteiger partial charge in [-0.1, -0.05) is 6.07 Å². The fraction of sp³-hybridized carbons (Fsp3) is 0.400. The highest BCUT2D eigenvalue weighted by Crippen LogP contribution is 2.22. The Labute approximate surface area is 89.0 Å². The maximum Gasteiger partial charge on any atom is 0.264 e. The van der Waals surface area contributed by atoms with Crippen LogP contribution < -0.4 is 0 Å². The second-order valence-corrected chi connectivity index (χ2v) is 5.04. The zero-order valence-corrected chi connectivity index (χ0v) is 9.64. The Hall–Kier alpha value is -0.940. The Balaban J connectivity index is 3.00. The maximum absolute atomic E-state index is 12.9. The monoisotopic (exact) mass is 232 g/mol. The molecule has 0 bridgehead atoms. The molecule has 1 unspecified atom stereocenters. The van der Waals surface area contributed by atoms with Gasteiger partial charge < -0.3 is 0 Å². The first-order chi connectivity index (χ1) is 6.79. The first-order valence-electron chi connectivity index (χ1n) is 4.44. The van der Waals surface area contributed by atoms with Gasteiger partial charge in [0.15, 0.2) is 0 Å². The van der Waals surface area contributed by atoms with Gasteiger partial charge in [-0.15, -0.1) is 0 Å².